The molecule has 0 bridgehead atoms. The van der Waals surface area contributed by atoms with Gasteiger partial charge in [0.2, 0.25) is 5.91 Å². The predicted octanol–water partition coefficient (Wildman–Crippen LogP) is 2.06. The average Bonchev–Trinajstić information content (AvgIpc) is 3.01. The Labute approximate surface area is 140 Å². The largest absolute Gasteiger partial charge is 0.364 e. The molecule has 24 heavy (non-hydrogen) atoms. The summed E-state index contributed by atoms with van der Waals surface area (Å²) in [7, 11) is 0. The van der Waals surface area contributed by atoms with Gasteiger partial charge in [-0.3, -0.25) is 14.7 Å². The normalized spacial score (nSPS) is 20.9. The number of nitrogens with zero attached hydrogens (tertiary/aromatic N) is 1. The van der Waals surface area contributed by atoms with Crippen LogP contribution in [-0.4, -0.2) is 28.1 Å². The fourth-order valence-electron chi connectivity index (χ4n) is 3.11. The zero-order chi connectivity index (χ0) is 17.1. The van der Waals surface area contributed by atoms with E-state index in [1.165, 1.54) is 5.56 Å². The highest BCUT2D eigenvalue weighted by molar-refractivity contribution is 5.90. The van der Waals surface area contributed by atoms with E-state index in [1.807, 2.05) is 30.3 Å². The maximum absolute atomic E-state index is 12.2. The van der Waals surface area contributed by atoms with E-state index in [0.29, 0.717) is 12.1 Å². The van der Waals surface area contributed by atoms with Gasteiger partial charge in [0.05, 0.1) is 5.69 Å². The first-order valence-corrected chi connectivity index (χ1v) is 8.22. The Morgan fingerprint density at radius 1 is 1.33 bits per heavy atom. The third-order valence-electron chi connectivity index (χ3n) is 4.64. The molecule has 0 saturated heterocycles. The summed E-state index contributed by atoms with van der Waals surface area (Å²) in [6.07, 6.45) is 2.17. The maximum atomic E-state index is 12.2. The van der Waals surface area contributed by atoms with E-state index in [0.717, 1.165) is 18.5 Å². The van der Waals surface area contributed by atoms with Crippen molar-refractivity contribution in [2.24, 2.45) is 5.73 Å². The second-order valence-electron chi connectivity index (χ2n) is 6.52. The molecule has 0 aliphatic heterocycles. The lowest BCUT2D eigenvalue weighted by Crippen LogP contribution is -2.43. The summed E-state index contributed by atoms with van der Waals surface area (Å²) >= 11 is 0. The van der Waals surface area contributed by atoms with Crippen LogP contribution in [0.15, 0.2) is 36.4 Å². The van der Waals surface area contributed by atoms with E-state index >= 15 is 0 Å². The highest BCUT2D eigenvalue weighted by atomic mass is 16.2. The van der Waals surface area contributed by atoms with Gasteiger partial charge in [-0.05, 0) is 30.4 Å². The lowest BCUT2D eigenvalue weighted by atomic mass is 9.78. The van der Waals surface area contributed by atoms with Gasteiger partial charge in [0.25, 0.3) is 5.91 Å². The van der Waals surface area contributed by atoms with Crippen molar-refractivity contribution in [3.8, 4) is 0 Å². The minimum Gasteiger partial charge on any atom is -0.364 e. The Bertz CT molecular complexity index is 720. The average molecular weight is 326 g/mol. The summed E-state index contributed by atoms with van der Waals surface area (Å²) in [6, 6.07) is 11.9. The summed E-state index contributed by atoms with van der Waals surface area (Å²) in [6.45, 7) is 2.06. The highest BCUT2D eigenvalue weighted by Crippen LogP contribution is 2.36. The van der Waals surface area contributed by atoms with Crippen LogP contribution in [0, 0.1) is 0 Å². The fourth-order valence-corrected chi connectivity index (χ4v) is 3.11. The number of nitrogens with two attached hydrogens (primary N) is 1. The molecule has 1 heterocycles. The Morgan fingerprint density at radius 2 is 2.04 bits per heavy atom. The highest BCUT2D eigenvalue weighted by Gasteiger charge is 2.33. The molecular formula is C18H22N4O2. The van der Waals surface area contributed by atoms with Gasteiger partial charge in [0.15, 0.2) is 0 Å². The second-order valence-corrected chi connectivity index (χ2v) is 6.52. The van der Waals surface area contributed by atoms with Crippen LogP contribution in [0.5, 0.6) is 0 Å². The molecule has 1 atom stereocenters. The van der Waals surface area contributed by atoms with Crippen molar-refractivity contribution in [2.45, 2.75) is 44.1 Å². The van der Waals surface area contributed by atoms with Crippen LogP contribution < -0.4 is 11.1 Å². The zero-order valence-electron chi connectivity index (χ0n) is 13.7. The summed E-state index contributed by atoms with van der Waals surface area (Å²) in [5, 5.41) is 9.84. The Kier molecular flexibility index (Phi) is 4.64. The molecule has 2 aromatic rings. The molecule has 1 aliphatic carbocycles. The van der Waals surface area contributed by atoms with E-state index < -0.39 is 5.91 Å². The maximum Gasteiger partial charge on any atom is 0.266 e. The van der Waals surface area contributed by atoms with Crippen molar-refractivity contribution in [1.82, 2.24) is 15.5 Å². The van der Waals surface area contributed by atoms with Crippen molar-refractivity contribution in [1.29, 1.82) is 0 Å². The number of carbonyl (C=O) groups is 2. The third-order valence-corrected chi connectivity index (χ3v) is 4.64. The van der Waals surface area contributed by atoms with Crippen LogP contribution in [0.25, 0.3) is 0 Å². The molecule has 1 fully saturated rings. The van der Waals surface area contributed by atoms with Gasteiger partial charge in [-0.1, -0.05) is 37.3 Å². The number of aromatic amines is 1. The van der Waals surface area contributed by atoms with Crippen LogP contribution >= 0.6 is 0 Å². The Hall–Kier alpha value is -2.63. The molecule has 1 unspecified atom stereocenters. The van der Waals surface area contributed by atoms with Gasteiger partial charge in [0, 0.05) is 18.4 Å². The number of benzene rings is 1. The van der Waals surface area contributed by atoms with Crippen LogP contribution in [-0.2, 0) is 4.79 Å². The first kappa shape index (κ1) is 16.2. The summed E-state index contributed by atoms with van der Waals surface area (Å²) in [5.41, 5.74) is 7.55. The van der Waals surface area contributed by atoms with Gasteiger partial charge in [-0.2, -0.15) is 5.10 Å². The van der Waals surface area contributed by atoms with Crippen LogP contribution in [0.2, 0.25) is 0 Å². The number of hydrogen-bond donors (Lipinski definition) is 3. The van der Waals surface area contributed by atoms with Gasteiger partial charge >= 0.3 is 0 Å². The number of rotatable bonds is 6. The number of nitrogens with one attached hydrogen (secondary N) is 2. The monoisotopic (exact) mass is 326 g/mol. The fraction of sp³-hybridized carbons (Fsp3) is 0.389. The molecule has 0 radical (unpaired) electrons. The predicted molar refractivity (Wildman–Crippen MR) is 90.5 cm³/mol. The van der Waals surface area contributed by atoms with Gasteiger partial charge in [-0.25, -0.2) is 0 Å². The van der Waals surface area contributed by atoms with Crippen molar-refractivity contribution in [3.05, 3.63) is 53.3 Å². The quantitative estimate of drug-likeness (QED) is 0.757. The SMILES string of the molecule is CC(CC(=O)N[C@H]1C[C@@H](c2cc(C(N)=O)[nH]n2)C1)c1ccccc1. The minimum absolute atomic E-state index is 0.0784. The second kappa shape index (κ2) is 6.86. The van der Waals surface area contributed by atoms with E-state index in [2.05, 4.69) is 22.4 Å². The first-order chi connectivity index (χ1) is 11.5. The summed E-state index contributed by atoms with van der Waals surface area (Å²) < 4.78 is 0. The lowest BCUT2D eigenvalue weighted by molar-refractivity contribution is -0.122. The summed E-state index contributed by atoms with van der Waals surface area (Å²) in [5.74, 6) is 0.0419. The van der Waals surface area contributed by atoms with E-state index in [-0.39, 0.29) is 23.8 Å². The number of carbonyl (C=O) groups excluding carboxylic acids is 2. The molecule has 4 N–H and O–H groups in total. The topological polar surface area (TPSA) is 101 Å². The number of aromatic nitrogens is 2. The molecule has 6 nitrogen and oxygen atoms in total. The van der Waals surface area contributed by atoms with E-state index in [1.54, 1.807) is 6.07 Å². The van der Waals surface area contributed by atoms with Gasteiger partial charge in [0.1, 0.15) is 5.69 Å². The van der Waals surface area contributed by atoms with Crippen molar-refractivity contribution >= 4 is 11.8 Å². The Balaban J connectivity index is 1.45. The lowest BCUT2D eigenvalue weighted by Gasteiger charge is -2.35. The van der Waals surface area contributed by atoms with Crippen molar-refractivity contribution in [2.75, 3.05) is 0 Å². The molecule has 1 aliphatic rings. The zero-order valence-corrected chi connectivity index (χ0v) is 13.7. The van der Waals surface area contributed by atoms with Gasteiger partial charge < -0.3 is 11.1 Å². The molecule has 126 valence electrons. The molecule has 1 aromatic carbocycles. The molecule has 3 rings (SSSR count). The number of amides is 2. The molecule has 2 amide bonds. The van der Waals surface area contributed by atoms with Crippen LogP contribution in [0.4, 0.5) is 0 Å². The number of hydrogen-bond acceptors (Lipinski definition) is 3. The van der Waals surface area contributed by atoms with E-state index in [4.69, 9.17) is 5.73 Å². The van der Waals surface area contributed by atoms with Crippen molar-refractivity contribution in [3.63, 3.8) is 0 Å². The smallest absolute Gasteiger partial charge is 0.266 e. The third kappa shape index (κ3) is 3.64. The van der Waals surface area contributed by atoms with Gasteiger partial charge in [-0.15, -0.1) is 0 Å². The standard InChI is InChI=1S/C18H22N4O2/c1-11(12-5-3-2-4-6-12)7-17(23)20-14-8-13(9-14)15-10-16(18(19)24)22-21-15/h2-6,10-11,13-14H,7-9H2,1H3,(H2,19,24)(H,20,23)(H,21,22)/t11?,13-,14+. The molecule has 1 saturated carbocycles. The number of primary amides is 1. The molecule has 1 aromatic heterocycles. The molecule has 6 heteroatoms. The molecule has 0 spiro atoms. The number of H-pyrrole nitrogens is 1. The molecular weight excluding hydrogens is 304 g/mol. The van der Waals surface area contributed by atoms with E-state index in [9.17, 15) is 9.59 Å². The summed E-state index contributed by atoms with van der Waals surface area (Å²) in [4.78, 5) is 23.2. The van der Waals surface area contributed by atoms with Crippen molar-refractivity contribution < 1.29 is 9.59 Å². The Morgan fingerprint density at radius 3 is 2.67 bits per heavy atom. The minimum atomic E-state index is -0.507. The van der Waals surface area contributed by atoms with Crippen LogP contribution in [0.1, 0.15) is 59.8 Å². The first-order valence-electron chi connectivity index (χ1n) is 8.22. The van der Waals surface area contributed by atoms with Crippen LogP contribution in [0.3, 0.4) is 0 Å².